The van der Waals surface area contributed by atoms with Crippen molar-refractivity contribution in [3.05, 3.63) is 101 Å². The van der Waals surface area contributed by atoms with Gasteiger partial charge in [-0.05, 0) is 61.5 Å². The van der Waals surface area contributed by atoms with Crippen molar-refractivity contribution in [1.82, 2.24) is 4.90 Å². The minimum absolute atomic E-state index is 0.114. The summed E-state index contributed by atoms with van der Waals surface area (Å²) in [4.78, 5) is 26.7. The molecule has 0 aliphatic carbocycles. The first-order valence-electron chi connectivity index (χ1n) is 10.5. The lowest BCUT2D eigenvalue weighted by Gasteiger charge is -2.25. The van der Waals surface area contributed by atoms with Crippen LogP contribution in [0.15, 0.2) is 81.8 Å². The van der Waals surface area contributed by atoms with Gasteiger partial charge in [-0.25, -0.2) is 0 Å². The molecule has 2 aromatic carbocycles. The molecule has 0 unspecified atom stereocenters. The molecule has 0 bridgehead atoms. The second kappa shape index (κ2) is 8.23. The van der Waals surface area contributed by atoms with E-state index < -0.39 is 0 Å². The third kappa shape index (κ3) is 3.95. The molecule has 6 heteroatoms. The number of carbonyl (C=O) groups excluding carboxylic acids is 2. The molecule has 5 rings (SSSR count). The molecule has 1 aliphatic rings. The number of nitrogens with zero attached hydrogens (tertiary/aromatic N) is 1. The van der Waals surface area contributed by atoms with E-state index in [0.29, 0.717) is 36.5 Å². The van der Waals surface area contributed by atoms with Crippen LogP contribution in [0.25, 0.3) is 11.3 Å². The number of carbonyl (C=O) groups is 2. The number of benzene rings is 2. The van der Waals surface area contributed by atoms with E-state index in [1.807, 2.05) is 61.5 Å². The summed E-state index contributed by atoms with van der Waals surface area (Å²) in [5.41, 5.74) is 4.36. The second-order valence-electron chi connectivity index (χ2n) is 7.91. The second-order valence-corrected chi connectivity index (χ2v) is 7.91. The maximum atomic E-state index is 12.6. The Hall–Kier alpha value is -4.06. The van der Waals surface area contributed by atoms with Gasteiger partial charge in [0.2, 0.25) is 0 Å². The van der Waals surface area contributed by atoms with Crippen LogP contribution in [0.2, 0.25) is 0 Å². The molecule has 2 amide bonds. The summed E-state index contributed by atoms with van der Waals surface area (Å²) in [7, 11) is 0. The van der Waals surface area contributed by atoms with Gasteiger partial charge in [0.1, 0.15) is 11.5 Å². The number of aryl methyl sites for hydroxylation is 1. The van der Waals surface area contributed by atoms with Crippen molar-refractivity contribution in [2.45, 2.75) is 19.9 Å². The summed E-state index contributed by atoms with van der Waals surface area (Å²) in [5, 5.41) is 2.91. The van der Waals surface area contributed by atoms with Crippen molar-refractivity contribution in [2.24, 2.45) is 0 Å². The zero-order valence-corrected chi connectivity index (χ0v) is 17.6. The average Bonchev–Trinajstić information content (AvgIpc) is 3.49. The zero-order valence-electron chi connectivity index (χ0n) is 17.6. The fourth-order valence-electron chi connectivity index (χ4n) is 3.83. The lowest BCUT2D eigenvalue weighted by Crippen LogP contribution is -2.35. The van der Waals surface area contributed by atoms with Crippen molar-refractivity contribution >= 4 is 17.5 Å². The maximum Gasteiger partial charge on any atom is 0.289 e. The Labute approximate surface area is 185 Å². The fraction of sp³-hybridized carbons (Fsp3) is 0.154. The van der Waals surface area contributed by atoms with Crippen LogP contribution in [0.3, 0.4) is 0 Å². The van der Waals surface area contributed by atoms with Gasteiger partial charge >= 0.3 is 0 Å². The predicted octanol–water partition coefficient (Wildman–Crippen LogP) is 5.30. The SMILES string of the molecule is Cc1ccc(C(=O)Nc2ccc(-c3cc4c(o3)CCN(C(=O)c3ccco3)C4)cc2)cc1. The molecule has 2 aromatic heterocycles. The standard InChI is InChI=1S/C26H22N2O4/c1-17-4-6-19(7-5-17)25(29)27-21-10-8-18(9-11-21)24-15-20-16-28(13-12-22(20)32-24)26(30)23-3-2-14-31-23/h2-11,14-15H,12-13,16H2,1H3,(H,27,29). The molecule has 0 radical (unpaired) electrons. The molecule has 0 fully saturated rings. The summed E-state index contributed by atoms with van der Waals surface area (Å²) in [6.07, 6.45) is 2.16. The number of hydrogen-bond acceptors (Lipinski definition) is 4. The molecular formula is C26H22N2O4. The van der Waals surface area contributed by atoms with E-state index in [1.165, 1.54) is 6.26 Å². The monoisotopic (exact) mass is 426 g/mol. The number of furan rings is 2. The third-order valence-electron chi connectivity index (χ3n) is 5.63. The molecule has 1 N–H and O–H groups in total. The Bertz CT molecular complexity index is 1250. The maximum absolute atomic E-state index is 12.6. The van der Waals surface area contributed by atoms with E-state index in [1.54, 1.807) is 17.0 Å². The number of hydrogen-bond donors (Lipinski definition) is 1. The molecule has 0 atom stereocenters. The van der Waals surface area contributed by atoms with Gasteiger partial charge in [0.05, 0.1) is 6.26 Å². The van der Waals surface area contributed by atoms with Crippen molar-refractivity contribution < 1.29 is 18.4 Å². The Morgan fingerprint density at radius 3 is 2.50 bits per heavy atom. The van der Waals surface area contributed by atoms with E-state index >= 15 is 0 Å². The number of fused-ring (bicyclic) bond motifs is 1. The Morgan fingerprint density at radius 2 is 1.78 bits per heavy atom. The van der Waals surface area contributed by atoms with Crippen LogP contribution < -0.4 is 5.32 Å². The highest BCUT2D eigenvalue weighted by molar-refractivity contribution is 6.04. The van der Waals surface area contributed by atoms with Crippen molar-refractivity contribution in [1.29, 1.82) is 0 Å². The quantitative estimate of drug-likeness (QED) is 0.481. The molecule has 0 saturated carbocycles. The van der Waals surface area contributed by atoms with E-state index in [4.69, 9.17) is 8.83 Å². The summed E-state index contributed by atoms with van der Waals surface area (Å²) >= 11 is 0. The first-order chi connectivity index (χ1) is 15.6. The number of rotatable bonds is 4. The van der Waals surface area contributed by atoms with E-state index in [2.05, 4.69) is 5.32 Å². The first-order valence-corrected chi connectivity index (χ1v) is 10.5. The predicted molar refractivity (Wildman–Crippen MR) is 120 cm³/mol. The van der Waals surface area contributed by atoms with Gasteiger partial charge in [0.25, 0.3) is 11.8 Å². The first kappa shape index (κ1) is 19.9. The molecule has 6 nitrogen and oxygen atoms in total. The minimum atomic E-state index is -0.146. The van der Waals surface area contributed by atoms with Crippen molar-refractivity contribution in [2.75, 3.05) is 11.9 Å². The number of nitrogens with one attached hydrogen (secondary N) is 1. The summed E-state index contributed by atoms with van der Waals surface area (Å²) in [6.45, 7) is 3.06. The van der Waals surface area contributed by atoms with Crippen LogP contribution in [0.4, 0.5) is 5.69 Å². The highest BCUT2D eigenvalue weighted by Crippen LogP contribution is 2.31. The largest absolute Gasteiger partial charge is 0.461 e. The Balaban J connectivity index is 1.28. The number of anilines is 1. The van der Waals surface area contributed by atoms with Gasteiger partial charge in [-0.15, -0.1) is 0 Å². The van der Waals surface area contributed by atoms with Gasteiger partial charge in [0.15, 0.2) is 5.76 Å². The third-order valence-corrected chi connectivity index (χ3v) is 5.63. The Kier molecular flexibility index (Phi) is 5.11. The molecule has 32 heavy (non-hydrogen) atoms. The van der Waals surface area contributed by atoms with Crippen LogP contribution in [-0.2, 0) is 13.0 Å². The summed E-state index contributed by atoms with van der Waals surface area (Å²) < 4.78 is 11.3. The highest BCUT2D eigenvalue weighted by atomic mass is 16.3. The van der Waals surface area contributed by atoms with E-state index in [9.17, 15) is 9.59 Å². The smallest absolute Gasteiger partial charge is 0.289 e. The normalized spacial score (nSPS) is 13.0. The molecule has 0 spiro atoms. The summed E-state index contributed by atoms with van der Waals surface area (Å²) in [5.74, 6) is 1.74. The molecular weight excluding hydrogens is 404 g/mol. The van der Waals surface area contributed by atoms with Gasteiger partial charge in [-0.3, -0.25) is 9.59 Å². The molecule has 160 valence electrons. The van der Waals surface area contributed by atoms with Gasteiger partial charge in [0, 0.05) is 41.9 Å². The molecule has 1 aliphatic heterocycles. The van der Waals surface area contributed by atoms with Crippen LogP contribution in [0.5, 0.6) is 0 Å². The van der Waals surface area contributed by atoms with Crippen molar-refractivity contribution in [3.8, 4) is 11.3 Å². The van der Waals surface area contributed by atoms with Gasteiger partial charge in [-0.1, -0.05) is 17.7 Å². The lowest BCUT2D eigenvalue weighted by molar-refractivity contribution is 0.0697. The highest BCUT2D eigenvalue weighted by Gasteiger charge is 2.26. The van der Waals surface area contributed by atoms with Gasteiger partial charge in [-0.2, -0.15) is 0 Å². The topological polar surface area (TPSA) is 75.7 Å². The molecule has 0 saturated heterocycles. The average molecular weight is 426 g/mol. The minimum Gasteiger partial charge on any atom is -0.461 e. The fourth-order valence-corrected chi connectivity index (χ4v) is 3.83. The van der Waals surface area contributed by atoms with Crippen LogP contribution in [0.1, 0.15) is 37.8 Å². The van der Waals surface area contributed by atoms with E-state index in [0.717, 1.165) is 28.2 Å². The lowest BCUT2D eigenvalue weighted by atomic mass is 10.1. The van der Waals surface area contributed by atoms with E-state index in [-0.39, 0.29) is 11.8 Å². The zero-order chi connectivity index (χ0) is 22.1. The Morgan fingerprint density at radius 1 is 1.00 bits per heavy atom. The van der Waals surface area contributed by atoms with Crippen molar-refractivity contribution in [3.63, 3.8) is 0 Å². The van der Waals surface area contributed by atoms with Gasteiger partial charge < -0.3 is 19.1 Å². The molecule has 3 heterocycles. The molecule has 4 aromatic rings. The summed E-state index contributed by atoms with van der Waals surface area (Å²) in [6, 6.07) is 20.4. The number of amides is 2. The van der Waals surface area contributed by atoms with Crippen LogP contribution in [-0.4, -0.2) is 23.3 Å². The van der Waals surface area contributed by atoms with Crippen LogP contribution >= 0.6 is 0 Å². The van der Waals surface area contributed by atoms with Crippen LogP contribution in [0, 0.1) is 6.92 Å².